The van der Waals surface area contributed by atoms with Crippen LogP contribution in [0.4, 0.5) is 5.69 Å². The van der Waals surface area contributed by atoms with Gasteiger partial charge >= 0.3 is 5.97 Å². The van der Waals surface area contributed by atoms with Crippen molar-refractivity contribution in [1.82, 2.24) is 0 Å². The second-order valence-electron chi connectivity index (χ2n) is 7.93. The van der Waals surface area contributed by atoms with E-state index in [-0.39, 0.29) is 11.2 Å². The van der Waals surface area contributed by atoms with Crippen LogP contribution < -0.4 is 9.64 Å². The molecule has 0 amide bonds. The highest BCUT2D eigenvalue weighted by Gasteiger charge is 2.34. The third-order valence-corrected chi connectivity index (χ3v) is 5.68. The minimum atomic E-state index is -0.425. The number of esters is 1. The van der Waals surface area contributed by atoms with E-state index in [9.17, 15) is 9.59 Å². The first-order valence-corrected chi connectivity index (χ1v) is 9.37. The molecule has 2 aromatic rings. The zero-order valence-corrected chi connectivity index (χ0v) is 17.4. The van der Waals surface area contributed by atoms with E-state index in [1.165, 1.54) is 7.11 Å². The molecule has 148 valence electrons. The van der Waals surface area contributed by atoms with Crippen LogP contribution in [0.3, 0.4) is 0 Å². The summed E-state index contributed by atoms with van der Waals surface area (Å²) in [6, 6.07) is 8.50. The van der Waals surface area contributed by atoms with E-state index in [1.807, 2.05) is 13.0 Å². The standard InChI is InChI=1S/C23H27NO4/c1-14-19-18(23(2,3)11-12-24(19)4)13-17(21(14)27-5)20(25)15-7-9-16(10-8-15)22(26)28-6/h7-10,13H,11-12H2,1-6H3. The van der Waals surface area contributed by atoms with E-state index in [2.05, 4.69) is 25.8 Å². The number of methoxy groups -OCH3 is 2. The van der Waals surface area contributed by atoms with Gasteiger partial charge in [0, 0.05) is 30.4 Å². The number of benzene rings is 2. The number of hydrogen-bond acceptors (Lipinski definition) is 5. The molecular weight excluding hydrogens is 354 g/mol. The van der Waals surface area contributed by atoms with Crippen LogP contribution in [-0.2, 0) is 10.2 Å². The number of ketones is 1. The van der Waals surface area contributed by atoms with Gasteiger partial charge in [-0.15, -0.1) is 0 Å². The molecule has 0 bridgehead atoms. The molecule has 0 atom stereocenters. The lowest BCUT2D eigenvalue weighted by Gasteiger charge is -2.40. The number of carbonyl (C=O) groups is 2. The number of carbonyl (C=O) groups excluding carboxylic acids is 2. The highest BCUT2D eigenvalue weighted by Crippen LogP contribution is 2.45. The van der Waals surface area contributed by atoms with Crippen LogP contribution in [0.5, 0.6) is 5.75 Å². The molecule has 0 radical (unpaired) electrons. The molecule has 0 aliphatic carbocycles. The molecule has 0 fully saturated rings. The van der Waals surface area contributed by atoms with Crippen molar-refractivity contribution in [2.75, 3.05) is 32.7 Å². The van der Waals surface area contributed by atoms with Crippen molar-refractivity contribution in [3.63, 3.8) is 0 Å². The number of rotatable bonds is 4. The highest BCUT2D eigenvalue weighted by molar-refractivity contribution is 6.12. The van der Waals surface area contributed by atoms with Crippen molar-refractivity contribution in [2.24, 2.45) is 0 Å². The molecule has 28 heavy (non-hydrogen) atoms. The lowest BCUT2D eigenvalue weighted by molar-refractivity contribution is 0.0600. The first-order chi connectivity index (χ1) is 13.2. The Labute approximate surface area is 166 Å². The Hall–Kier alpha value is -2.82. The quantitative estimate of drug-likeness (QED) is 0.589. The third kappa shape index (κ3) is 3.26. The predicted molar refractivity (Wildman–Crippen MR) is 110 cm³/mol. The Bertz CT molecular complexity index is 929. The molecule has 1 aliphatic rings. The zero-order chi connectivity index (χ0) is 20.6. The maximum Gasteiger partial charge on any atom is 0.337 e. The van der Waals surface area contributed by atoms with Crippen LogP contribution in [-0.4, -0.2) is 39.6 Å². The molecule has 0 N–H and O–H groups in total. The summed E-state index contributed by atoms with van der Waals surface area (Å²) in [7, 11) is 5.01. The number of hydrogen-bond donors (Lipinski definition) is 0. The van der Waals surface area contributed by atoms with Gasteiger partial charge in [-0.1, -0.05) is 26.0 Å². The smallest absolute Gasteiger partial charge is 0.337 e. The fraction of sp³-hybridized carbons (Fsp3) is 0.391. The molecule has 0 saturated heterocycles. The summed E-state index contributed by atoms with van der Waals surface area (Å²) < 4.78 is 10.4. The first kappa shape index (κ1) is 19.9. The molecule has 1 aliphatic heterocycles. The Morgan fingerprint density at radius 1 is 1.07 bits per heavy atom. The Kier molecular flexibility index (Phi) is 5.20. The van der Waals surface area contributed by atoms with Crippen LogP contribution in [0.2, 0.25) is 0 Å². The largest absolute Gasteiger partial charge is 0.496 e. The number of anilines is 1. The van der Waals surface area contributed by atoms with Crippen molar-refractivity contribution >= 4 is 17.4 Å². The number of nitrogens with zero attached hydrogens (tertiary/aromatic N) is 1. The summed E-state index contributed by atoms with van der Waals surface area (Å²) in [5, 5.41) is 0. The van der Waals surface area contributed by atoms with E-state index < -0.39 is 5.97 Å². The van der Waals surface area contributed by atoms with Crippen LogP contribution in [0, 0.1) is 6.92 Å². The number of fused-ring (bicyclic) bond motifs is 1. The van der Waals surface area contributed by atoms with Crippen LogP contribution in [0.25, 0.3) is 0 Å². The van der Waals surface area contributed by atoms with Crippen molar-refractivity contribution in [3.8, 4) is 5.75 Å². The lowest BCUT2D eigenvalue weighted by Crippen LogP contribution is -2.35. The summed E-state index contributed by atoms with van der Waals surface area (Å²) in [4.78, 5) is 27.2. The van der Waals surface area contributed by atoms with Gasteiger partial charge < -0.3 is 14.4 Å². The van der Waals surface area contributed by atoms with Gasteiger partial charge in [-0.2, -0.15) is 0 Å². The molecule has 0 aromatic heterocycles. The van der Waals surface area contributed by atoms with Crippen LogP contribution >= 0.6 is 0 Å². The Morgan fingerprint density at radius 2 is 1.68 bits per heavy atom. The van der Waals surface area contributed by atoms with Gasteiger partial charge in [0.1, 0.15) is 5.75 Å². The molecule has 1 heterocycles. The SMILES string of the molecule is COC(=O)c1ccc(C(=O)c2cc3c(c(C)c2OC)N(C)CCC3(C)C)cc1. The van der Waals surface area contributed by atoms with Crippen molar-refractivity contribution in [2.45, 2.75) is 32.6 Å². The maximum atomic E-state index is 13.3. The minimum absolute atomic E-state index is 0.0252. The van der Waals surface area contributed by atoms with E-state index in [0.29, 0.717) is 22.4 Å². The third-order valence-electron chi connectivity index (χ3n) is 5.68. The zero-order valence-electron chi connectivity index (χ0n) is 17.4. The van der Waals surface area contributed by atoms with E-state index >= 15 is 0 Å². The Morgan fingerprint density at radius 3 is 2.25 bits per heavy atom. The lowest BCUT2D eigenvalue weighted by atomic mass is 9.75. The average molecular weight is 381 g/mol. The second kappa shape index (κ2) is 7.30. The topological polar surface area (TPSA) is 55.8 Å². The fourth-order valence-electron chi connectivity index (χ4n) is 3.95. The summed E-state index contributed by atoms with van der Waals surface area (Å²) in [5.74, 6) is 0.0551. The minimum Gasteiger partial charge on any atom is -0.496 e. The first-order valence-electron chi connectivity index (χ1n) is 9.37. The van der Waals surface area contributed by atoms with Gasteiger partial charge in [-0.3, -0.25) is 4.79 Å². The molecule has 0 spiro atoms. The summed E-state index contributed by atoms with van der Waals surface area (Å²) in [6.07, 6.45) is 1.02. The molecule has 0 saturated carbocycles. The van der Waals surface area contributed by atoms with Crippen LogP contribution in [0.1, 0.15) is 57.7 Å². The van der Waals surface area contributed by atoms with Gasteiger partial charge in [0.15, 0.2) is 5.78 Å². The summed E-state index contributed by atoms with van der Waals surface area (Å²) in [5.41, 5.74) is 4.73. The van der Waals surface area contributed by atoms with E-state index in [4.69, 9.17) is 9.47 Å². The van der Waals surface area contributed by atoms with Crippen molar-refractivity contribution < 1.29 is 19.1 Å². The van der Waals surface area contributed by atoms with E-state index in [1.54, 1.807) is 31.4 Å². The average Bonchev–Trinajstić information content (AvgIpc) is 2.69. The van der Waals surface area contributed by atoms with E-state index in [0.717, 1.165) is 29.8 Å². The van der Waals surface area contributed by atoms with Crippen molar-refractivity contribution in [3.05, 3.63) is 58.1 Å². The monoisotopic (exact) mass is 381 g/mol. The van der Waals surface area contributed by atoms with Crippen LogP contribution in [0.15, 0.2) is 30.3 Å². The number of ether oxygens (including phenoxy) is 2. The second-order valence-corrected chi connectivity index (χ2v) is 7.93. The molecule has 0 unspecified atom stereocenters. The maximum absolute atomic E-state index is 13.3. The Balaban J connectivity index is 2.12. The van der Waals surface area contributed by atoms with Gasteiger partial charge in [-0.05, 0) is 42.5 Å². The molecule has 3 rings (SSSR count). The molecule has 5 nitrogen and oxygen atoms in total. The molecular formula is C23H27NO4. The van der Waals surface area contributed by atoms with Crippen molar-refractivity contribution in [1.29, 1.82) is 0 Å². The van der Waals surface area contributed by atoms with Gasteiger partial charge in [-0.25, -0.2) is 4.79 Å². The highest BCUT2D eigenvalue weighted by atomic mass is 16.5. The summed E-state index contributed by atoms with van der Waals surface area (Å²) in [6.45, 7) is 7.40. The van der Waals surface area contributed by atoms with Gasteiger partial charge in [0.25, 0.3) is 0 Å². The molecule has 5 heteroatoms. The van der Waals surface area contributed by atoms with Gasteiger partial charge in [0.2, 0.25) is 0 Å². The summed E-state index contributed by atoms with van der Waals surface area (Å²) >= 11 is 0. The normalized spacial score (nSPS) is 15.0. The predicted octanol–water partition coefficient (Wildman–Crippen LogP) is 4.14. The van der Waals surface area contributed by atoms with Gasteiger partial charge in [0.05, 0.1) is 25.3 Å². The molecule has 2 aromatic carbocycles. The fourth-order valence-corrected chi connectivity index (χ4v) is 3.95.